The maximum Gasteiger partial charge on any atom is 0.305 e. The van der Waals surface area contributed by atoms with E-state index in [0.29, 0.717) is 5.92 Å². The Morgan fingerprint density at radius 2 is 2.00 bits per heavy atom. The van der Waals surface area contributed by atoms with Crippen LogP contribution in [0.4, 0.5) is 0 Å². The Hall–Kier alpha value is -1.06. The molecule has 2 unspecified atom stereocenters. The summed E-state index contributed by atoms with van der Waals surface area (Å²) in [4.78, 5) is 23.0. The van der Waals surface area contributed by atoms with E-state index in [1.807, 2.05) is 0 Å². The molecule has 96 valence electrons. The van der Waals surface area contributed by atoms with E-state index in [2.05, 4.69) is 12.2 Å². The van der Waals surface area contributed by atoms with Crippen molar-refractivity contribution in [2.45, 2.75) is 57.4 Å². The zero-order valence-corrected chi connectivity index (χ0v) is 10.4. The van der Waals surface area contributed by atoms with E-state index < -0.39 is 11.5 Å². The third-order valence-electron chi connectivity index (χ3n) is 4.39. The third kappa shape index (κ3) is 2.61. The molecule has 2 aliphatic rings. The van der Waals surface area contributed by atoms with Gasteiger partial charge in [0.2, 0.25) is 5.91 Å². The van der Waals surface area contributed by atoms with Gasteiger partial charge in [0.05, 0.1) is 12.0 Å². The molecule has 2 saturated carbocycles. The molecule has 0 aromatic carbocycles. The zero-order chi connectivity index (χ0) is 12.5. The van der Waals surface area contributed by atoms with Crippen LogP contribution in [-0.4, -0.2) is 22.5 Å². The summed E-state index contributed by atoms with van der Waals surface area (Å²) in [6.45, 7) is 2.11. The molecule has 0 aromatic rings. The van der Waals surface area contributed by atoms with Crippen molar-refractivity contribution in [3.05, 3.63) is 0 Å². The van der Waals surface area contributed by atoms with E-state index in [1.54, 1.807) is 0 Å². The van der Waals surface area contributed by atoms with Gasteiger partial charge in [-0.3, -0.25) is 9.59 Å². The van der Waals surface area contributed by atoms with Crippen LogP contribution in [0.25, 0.3) is 0 Å². The van der Waals surface area contributed by atoms with E-state index in [9.17, 15) is 9.59 Å². The Morgan fingerprint density at radius 1 is 1.29 bits per heavy atom. The van der Waals surface area contributed by atoms with Crippen molar-refractivity contribution in [1.29, 1.82) is 0 Å². The molecule has 2 aliphatic carbocycles. The highest BCUT2D eigenvalue weighted by atomic mass is 16.4. The van der Waals surface area contributed by atoms with Crippen molar-refractivity contribution < 1.29 is 14.7 Å². The molecule has 4 heteroatoms. The van der Waals surface area contributed by atoms with Gasteiger partial charge in [0.1, 0.15) is 0 Å². The Balaban J connectivity index is 1.94. The molecule has 2 atom stereocenters. The Labute approximate surface area is 102 Å². The van der Waals surface area contributed by atoms with E-state index in [-0.39, 0.29) is 18.2 Å². The Bertz CT molecular complexity index is 323. The molecule has 0 spiro atoms. The molecule has 0 heterocycles. The zero-order valence-electron chi connectivity index (χ0n) is 10.4. The lowest BCUT2D eigenvalue weighted by Crippen LogP contribution is -2.56. The fourth-order valence-electron chi connectivity index (χ4n) is 3.13. The Kier molecular flexibility index (Phi) is 3.40. The van der Waals surface area contributed by atoms with E-state index >= 15 is 0 Å². The first-order chi connectivity index (χ1) is 8.02. The molecule has 0 aliphatic heterocycles. The van der Waals surface area contributed by atoms with Gasteiger partial charge in [0, 0.05) is 5.92 Å². The van der Waals surface area contributed by atoms with Gasteiger partial charge < -0.3 is 10.4 Å². The van der Waals surface area contributed by atoms with Crippen LogP contribution < -0.4 is 5.32 Å². The molecule has 0 bridgehead atoms. The van der Waals surface area contributed by atoms with Crippen molar-refractivity contribution in [2.24, 2.45) is 11.8 Å². The minimum Gasteiger partial charge on any atom is -0.481 e. The second kappa shape index (κ2) is 4.67. The number of aliphatic carboxylic acids is 1. The highest BCUT2D eigenvalue weighted by Crippen LogP contribution is 2.37. The summed E-state index contributed by atoms with van der Waals surface area (Å²) in [5, 5.41) is 11.9. The number of nitrogens with one attached hydrogen (secondary N) is 1. The Morgan fingerprint density at radius 3 is 2.41 bits per heavy atom. The predicted molar refractivity (Wildman–Crippen MR) is 63.5 cm³/mol. The predicted octanol–water partition coefficient (Wildman–Crippen LogP) is 1.94. The number of amides is 1. The van der Waals surface area contributed by atoms with Gasteiger partial charge in [0.25, 0.3) is 0 Å². The highest BCUT2D eigenvalue weighted by molar-refractivity contribution is 5.81. The minimum absolute atomic E-state index is 0.0693. The van der Waals surface area contributed by atoms with Crippen molar-refractivity contribution >= 4 is 11.9 Å². The number of hydrogen-bond acceptors (Lipinski definition) is 2. The van der Waals surface area contributed by atoms with Crippen LogP contribution in [0.2, 0.25) is 0 Å². The molecule has 1 amide bonds. The standard InChI is InChI=1S/C13H21NO3/c1-9-4-2-5-10(9)12(17)14-13(6-3-7-13)8-11(15)16/h9-10H,2-8H2,1H3,(H,14,17)(H,15,16). The number of rotatable bonds is 4. The SMILES string of the molecule is CC1CCCC1C(=O)NC1(CC(=O)O)CCC1. The van der Waals surface area contributed by atoms with Crippen LogP contribution in [-0.2, 0) is 9.59 Å². The number of hydrogen-bond donors (Lipinski definition) is 2. The van der Waals surface area contributed by atoms with Crippen LogP contribution in [0, 0.1) is 11.8 Å². The van der Waals surface area contributed by atoms with Crippen LogP contribution >= 0.6 is 0 Å². The minimum atomic E-state index is -0.815. The first kappa shape index (κ1) is 12.4. The molecule has 2 fully saturated rings. The highest BCUT2D eigenvalue weighted by Gasteiger charge is 2.42. The second-order valence-corrected chi connectivity index (χ2v) is 5.71. The van der Waals surface area contributed by atoms with Gasteiger partial charge in [-0.25, -0.2) is 0 Å². The first-order valence-corrected chi connectivity index (χ1v) is 6.56. The number of carboxylic acid groups (broad SMARTS) is 1. The van der Waals surface area contributed by atoms with Crippen molar-refractivity contribution in [3.63, 3.8) is 0 Å². The van der Waals surface area contributed by atoms with E-state index in [0.717, 1.165) is 38.5 Å². The molecule has 2 N–H and O–H groups in total. The van der Waals surface area contributed by atoms with Gasteiger partial charge in [-0.05, 0) is 38.0 Å². The summed E-state index contributed by atoms with van der Waals surface area (Å²) in [6, 6.07) is 0. The normalized spacial score (nSPS) is 30.6. The molecule has 0 saturated heterocycles. The summed E-state index contributed by atoms with van der Waals surface area (Å²) < 4.78 is 0. The van der Waals surface area contributed by atoms with Crippen molar-refractivity contribution in [1.82, 2.24) is 5.32 Å². The molecule has 17 heavy (non-hydrogen) atoms. The molecular weight excluding hydrogens is 218 g/mol. The van der Waals surface area contributed by atoms with Crippen LogP contribution in [0.3, 0.4) is 0 Å². The molecule has 4 nitrogen and oxygen atoms in total. The lowest BCUT2D eigenvalue weighted by Gasteiger charge is -2.42. The van der Waals surface area contributed by atoms with Crippen LogP contribution in [0.5, 0.6) is 0 Å². The monoisotopic (exact) mass is 239 g/mol. The molecule has 2 rings (SSSR count). The number of carbonyl (C=O) groups is 2. The molecule has 0 aromatic heterocycles. The van der Waals surface area contributed by atoms with E-state index in [4.69, 9.17) is 5.11 Å². The van der Waals surface area contributed by atoms with Crippen LogP contribution in [0.15, 0.2) is 0 Å². The lowest BCUT2D eigenvalue weighted by molar-refractivity contribution is -0.141. The van der Waals surface area contributed by atoms with Gasteiger partial charge >= 0.3 is 5.97 Å². The van der Waals surface area contributed by atoms with Crippen LogP contribution in [0.1, 0.15) is 51.9 Å². The first-order valence-electron chi connectivity index (χ1n) is 6.56. The van der Waals surface area contributed by atoms with Gasteiger partial charge in [-0.1, -0.05) is 13.3 Å². The summed E-state index contributed by atoms with van der Waals surface area (Å²) in [6.07, 6.45) is 5.90. The topological polar surface area (TPSA) is 66.4 Å². The molecule has 0 radical (unpaired) electrons. The average molecular weight is 239 g/mol. The average Bonchev–Trinajstić information content (AvgIpc) is 2.60. The van der Waals surface area contributed by atoms with Gasteiger partial charge in [-0.2, -0.15) is 0 Å². The fourth-order valence-corrected chi connectivity index (χ4v) is 3.13. The largest absolute Gasteiger partial charge is 0.481 e. The number of carbonyl (C=O) groups excluding carboxylic acids is 1. The van der Waals surface area contributed by atoms with Crippen molar-refractivity contribution in [3.8, 4) is 0 Å². The van der Waals surface area contributed by atoms with Gasteiger partial charge in [0.15, 0.2) is 0 Å². The third-order valence-corrected chi connectivity index (χ3v) is 4.39. The quantitative estimate of drug-likeness (QED) is 0.787. The van der Waals surface area contributed by atoms with E-state index in [1.165, 1.54) is 0 Å². The van der Waals surface area contributed by atoms with Crippen molar-refractivity contribution in [2.75, 3.05) is 0 Å². The lowest BCUT2D eigenvalue weighted by atomic mass is 9.74. The summed E-state index contributed by atoms with van der Waals surface area (Å²) >= 11 is 0. The second-order valence-electron chi connectivity index (χ2n) is 5.71. The summed E-state index contributed by atoms with van der Waals surface area (Å²) in [7, 11) is 0. The fraction of sp³-hybridized carbons (Fsp3) is 0.846. The maximum absolute atomic E-state index is 12.1. The maximum atomic E-state index is 12.1. The van der Waals surface area contributed by atoms with Gasteiger partial charge in [-0.15, -0.1) is 0 Å². The summed E-state index contributed by atoms with van der Waals surface area (Å²) in [5.74, 6) is -0.196. The summed E-state index contributed by atoms with van der Waals surface area (Å²) in [5.41, 5.74) is -0.439. The smallest absolute Gasteiger partial charge is 0.305 e. The molecular formula is C13H21NO3. The number of carboxylic acids is 1.